The van der Waals surface area contributed by atoms with E-state index >= 15 is 0 Å². The molecule has 3 rings (SSSR count). The summed E-state index contributed by atoms with van der Waals surface area (Å²) in [6, 6.07) is 6.42. The molecule has 2 heterocycles. The number of halogens is 2. The topological polar surface area (TPSA) is 103 Å². The van der Waals surface area contributed by atoms with Gasteiger partial charge in [-0.3, -0.25) is 4.72 Å². The minimum atomic E-state index is -4.08. The number of aryl methyl sites for hydroxylation is 2. The van der Waals surface area contributed by atoms with Crippen molar-refractivity contribution in [1.29, 1.82) is 0 Å². The van der Waals surface area contributed by atoms with Gasteiger partial charge in [0.25, 0.3) is 21.1 Å². The summed E-state index contributed by atoms with van der Waals surface area (Å²) in [5.74, 6) is 0.224. The number of aromatic nitrogens is 5. The van der Waals surface area contributed by atoms with Crippen molar-refractivity contribution >= 4 is 38.9 Å². The molecule has 8 nitrogen and oxygen atoms in total. The van der Waals surface area contributed by atoms with Gasteiger partial charge in [0.15, 0.2) is 0 Å². The Hall–Kier alpha value is -2.23. The Balaban J connectivity index is 1.96. The van der Waals surface area contributed by atoms with Crippen LogP contribution >= 0.6 is 23.2 Å². The molecule has 130 valence electrons. The molecule has 0 aliphatic carbocycles. The van der Waals surface area contributed by atoms with E-state index in [0.29, 0.717) is 0 Å². The second-order valence-electron chi connectivity index (χ2n) is 5.12. The molecule has 0 spiro atoms. The molecule has 0 aliphatic rings. The summed E-state index contributed by atoms with van der Waals surface area (Å²) < 4.78 is 28.4. The Morgan fingerprint density at radius 2 is 1.68 bits per heavy atom. The zero-order valence-corrected chi connectivity index (χ0v) is 15.4. The van der Waals surface area contributed by atoms with Crippen LogP contribution in [-0.4, -0.2) is 33.2 Å². The van der Waals surface area contributed by atoms with E-state index in [4.69, 9.17) is 23.2 Å². The second-order valence-corrected chi connectivity index (χ2v) is 7.52. The molecule has 1 N–H and O–H groups in total. The summed E-state index contributed by atoms with van der Waals surface area (Å²) >= 11 is 12.0. The summed E-state index contributed by atoms with van der Waals surface area (Å²) in [5.41, 5.74) is 1.51. The number of hydrogen-bond acceptors (Lipinski definition) is 6. The average molecular weight is 399 g/mol. The lowest BCUT2D eigenvalue weighted by Gasteiger charge is -2.08. The van der Waals surface area contributed by atoms with Gasteiger partial charge < -0.3 is 0 Å². The summed E-state index contributed by atoms with van der Waals surface area (Å²) in [5, 5.41) is 3.80. The lowest BCUT2D eigenvalue weighted by molar-refractivity contribution is 0.591. The molecule has 3 aromatic rings. The van der Waals surface area contributed by atoms with Crippen LogP contribution < -0.4 is 4.72 Å². The van der Waals surface area contributed by atoms with Gasteiger partial charge in [-0.25, -0.2) is 15.0 Å². The number of rotatable bonds is 4. The van der Waals surface area contributed by atoms with E-state index in [0.717, 1.165) is 11.4 Å². The number of nitrogens with zero attached hydrogens (tertiary/aromatic N) is 5. The second kappa shape index (κ2) is 6.58. The van der Waals surface area contributed by atoms with E-state index in [1.807, 2.05) is 0 Å². The van der Waals surface area contributed by atoms with Crippen molar-refractivity contribution < 1.29 is 8.42 Å². The highest BCUT2D eigenvalue weighted by Crippen LogP contribution is 2.31. The fourth-order valence-electron chi connectivity index (χ4n) is 2.05. The Morgan fingerprint density at radius 1 is 1.08 bits per heavy atom. The van der Waals surface area contributed by atoms with Crippen LogP contribution in [0.4, 0.5) is 5.69 Å². The molecule has 0 fully saturated rings. The molecular formula is C14H12Cl2N6O2S. The lowest BCUT2D eigenvalue weighted by Crippen LogP contribution is -2.16. The maximum atomic E-state index is 12.5. The van der Waals surface area contributed by atoms with E-state index in [1.54, 1.807) is 26.0 Å². The quantitative estimate of drug-likeness (QED) is 0.724. The van der Waals surface area contributed by atoms with Crippen LogP contribution in [0.2, 0.25) is 10.0 Å². The first kappa shape index (κ1) is 17.6. The Kier molecular flexibility index (Phi) is 4.63. The molecule has 2 aromatic heterocycles. The molecule has 0 radical (unpaired) electrons. The van der Waals surface area contributed by atoms with Gasteiger partial charge in [-0.1, -0.05) is 29.3 Å². The lowest BCUT2D eigenvalue weighted by atomic mass is 10.3. The molecule has 0 bridgehead atoms. The van der Waals surface area contributed by atoms with Gasteiger partial charge in [0, 0.05) is 11.4 Å². The van der Waals surface area contributed by atoms with Gasteiger partial charge >= 0.3 is 0 Å². The third-order valence-electron chi connectivity index (χ3n) is 3.09. The molecule has 0 saturated heterocycles. The van der Waals surface area contributed by atoms with E-state index in [-0.39, 0.29) is 21.7 Å². The zero-order chi connectivity index (χ0) is 18.2. The van der Waals surface area contributed by atoms with Crippen molar-refractivity contribution in [2.75, 3.05) is 4.72 Å². The van der Waals surface area contributed by atoms with Gasteiger partial charge in [0.1, 0.15) is 6.33 Å². The maximum Gasteiger partial charge on any atom is 0.299 e. The normalized spacial score (nSPS) is 11.5. The van der Waals surface area contributed by atoms with Gasteiger partial charge in [0.2, 0.25) is 0 Å². The number of hydrogen-bond donors (Lipinski definition) is 1. The molecule has 0 atom stereocenters. The Bertz CT molecular complexity index is 1010. The van der Waals surface area contributed by atoms with Crippen molar-refractivity contribution in [2.24, 2.45) is 0 Å². The van der Waals surface area contributed by atoms with Crippen molar-refractivity contribution in [2.45, 2.75) is 19.0 Å². The highest BCUT2D eigenvalue weighted by atomic mass is 35.5. The van der Waals surface area contributed by atoms with Crippen LogP contribution in [0.25, 0.3) is 5.95 Å². The van der Waals surface area contributed by atoms with Crippen LogP contribution in [0.15, 0.2) is 35.7 Å². The SMILES string of the molecule is Cc1cc(C)nc(-n2cnc(S(=O)(=O)Nc3c(Cl)cccc3Cl)n2)n1. The monoisotopic (exact) mass is 398 g/mol. The van der Waals surface area contributed by atoms with Gasteiger partial charge in [-0.15, -0.1) is 5.10 Å². The molecule has 0 aliphatic heterocycles. The first-order valence-corrected chi connectivity index (χ1v) is 9.21. The maximum absolute atomic E-state index is 12.5. The van der Waals surface area contributed by atoms with Crippen LogP contribution in [-0.2, 0) is 10.0 Å². The molecule has 0 amide bonds. The molecule has 0 unspecified atom stereocenters. The van der Waals surface area contributed by atoms with E-state index < -0.39 is 15.2 Å². The third kappa shape index (κ3) is 3.73. The largest absolute Gasteiger partial charge is 0.299 e. The van der Waals surface area contributed by atoms with Crippen LogP contribution in [0.3, 0.4) is 0 Å². The standard InChI is InChI=1S/C14H12Cl2N6O2S/c1-8-6-9(2)19-13(18-8)22-7-17-14(20-22)25(23,24)21-12-10(15)4-3-5-11(12)16/h3-7,21H,1-2H3. The number of sulfonamides is 1. The van der Waals surface area contributed by atoms with E-state index in [2.05, 4.69) is 24.8 Å². The highest BCUT2D eigenvalue weighted by Gasteiger charge is 2.23. The summed E-state index contributed by atoms with van der Waals surface area (Å²) in [6.07, 6.45) is 1.22. The van der Waals surface area contributed by atoms with Crippen LogP contribution in [0.1, 0.15) is 11.4 Å². The number of nitrogens with one attached hydrogen (secondary N) is 1. The minimum Gasteiger partial charge on any atom is -0.274 e. The molecule has 25 heavy (non-hydrogen) atoms. The number of benzene rings is 1. The van der Waals surface area contributed by atoms with Gasteiger partial charge in [-0.2, -0.15) is 13.1 Å². The van der Waals surface area contributed by atoms with Crippen LogP contribution in [0.5, 0.6) is 0 Å². The van der Waals surface area contributed by atoms with Gasteiger partial charge in [0.05, 0.1) is 15.7 Å². The predicted octanol–water partition coefficient (Wildman–Crippen LogP) is 2.78. The van der Waals surface area contributed by atoms with E-state index in [9.17, 15) is 8.42 Å². The predicted molar refractivity (Wildman–Crippen MR) is 93.7 cm³/mol. The summed E-state index contributed by atoms with van der Waals surface area (Å²) in [7, 11) is -4.08. The average Bonchev–Trinajstić information content (AvgIpc) is 3.01. The smallest absolute Gasteiger partial charge is 0.274 e. The summed E-state index contributed by atoms with van der Waals surface area (Å²) in [4.78, 5) is 12.2. The Labute approximate surface area is 153 Å². The minimum absolute atomic E-state index is 0.0600. The van der Waals surface area contributed by atoms with Crippen molar-refractivity contribution in [3.8, 4) is 5.95 Å². The van der Waals surface area contributed by atoms with Crippen molar-refractivity contribution in [3.63, 3.8) is 0 Å². The first-order valence-electron chi connectivity index (χ1n) is 6.97. The first-order chi connectivity index (χ1) is 11.8. The molecule has 1 aromatic carbocycles. The molecule has 11 heteroatoms. The van der Waals surface area contributed by atoms with Crippen molar-refractivity contribution in [3.05, 3.63) is 52.0 Å². The zero-order valence-electron chi connectivity index (χ0n) is 13.1. The Morgan fingerprint density at radius 3 is 2.28 bits per heavy atom. The molecular weight excluding hydrogens is 387 g/mol. The third-order valence-corrected chi connectivity index (χ3v) is 4.86. The van der Waals surface area contributed by atoms with Gasteiger partial charge in [-0.05, 0) is 32.0 Å². The number of anilines is 1. The summed E-state index contributed by atoms with van der Waals surface area (Å²) in [6.45, 7) is 3.60. The molecule has 0 saturated carbocycles. The highest BCUT2D eigenvalue weighted by molar-refractivity contribution is 7.92. The fourth-order valence-corrected chi connectivity index (χ4v) is 3.62. The van der Waals surface area contributed by atoms with Crippen molar-refractivity contribution in [1.82, 2.24) is 24.7 Å². The van der Waals surface area contributed by atoms with E-state index in [1.165, 1.54) is 23.1 Å². The fraction of sp³-hybridized carbons (Fsp3) is 0.143. The van der Waals surface area contributed by atoms with Crippen LogP contribution in [0, 0.1) is 13.8 Å². The number of para-hydroxylation sites is 1.